The average Bonchev–Trinajstić information content (AvgIpc) is 2.73. The molecule has 2 aliphatic heterocycles. The Morgan fingerprint density at radius 3 is 3.18 bits per heavy atom. The quantitative estimate of drug-likeness (QED) is 0.687. The van der Waals surface area contributed by atoms with Gasteiger partial charge < -0.3 is 10.1 Å². The second kappa shape index (κ2) is 3.61. The number of ether oxygens (including phenoxy) is 1. The molecule has 0 radical (unpaired) electrons. The lowest BCUT2D eigenvalue weighted by Crippen LogP contribution is -2.37. The third-order valence-electron chi connectivity index (χ3n) is 4.39. The van der Waals surface area contributed by atoms with Gasteiger partial charge in [0.2, 0.25) is 0 Å². The molecular formula is C15H17NO. The van der Waals surface area contributed by atoms with E-state index in [2.05, 4.69) is 35.7 Å². The van der Waals surface area contributed by atoms with Crippen molar-refractivity contribution in [1.29, 1.82) is 0 Å². The lowest BCUT2D eigenvalue weighted by Gasteiger charge is -2.34. The van der Waals surface area contributed by atoms with E-state index in [-0.39, 0.29) is 0 Å². The molecule has 2 heterocycles. The van der Waals surface area contributed by atoms with Crippen LogP contribution >= 0.6 is 0 Å². The first kappa shape index (κ1) is 9.72. The van der Waals surface area contributed by atoms with Crippen LogP contribution in [0.4, 0.5) is 0 Å². The highest BCUT2D eigenvalue weighted by Crippen LogP contribution is 2.46. The SMILES string of the molecule is C1=C2CNCCC2CC2Oc3ccccc3C12. The summed E-state index contributed by atoms with van der Waals surface area (Å²) < 4.78 is 6.09. The Kier molecular flexibility index (Phi) is 2.06. The fourth-order valence-electron chi connectivity index (χ4n) is 3.51. The summed E-state index contributed by atoms with van der Waals surface area (Å²) in [5.41, 5.74) is 2.99. The molecule has 88 valence electrons. The average molecular weight is 227 g/mol. The number of rotatable bonds is 0. The highest BCUT2D eigenvalue weighted by molar-refractivity contribution is 5.45. The van der Waals surface area contributed by atoms with Crippen molar-refractivity contribution in [3.63, 3.8) is 0 Å². The van der Waals surface area contributed by atoms with Crippen molar-refractivity contribution in [2.24, 2.45) is 5.92 Å². The summed E-state index contributed by atoms with van der Waals surface area (Å²) in [6.07, 6.45) is 5.33. The molecule has 1 saturated heterocycles. The molecule has 1 aliphatic carbocycles. The van der Waals surface area contributed by atoms with E-state index in [9.17, 15) is 0 Å². The van der Waals surface area contributed by atoms with Gasteiger partial charge in [0, 0.05) is 18.0 Å². The molecule has 1 aromatic rings. The summed E-state index contributed by atoms with van der Waals surface area (Å²) in [4.78, 5) is 0. The highest BCUT2D eigenvalue weighted by Gasteiger charge is 2.39. The van der Waals surface area contributed by atoms with Crippen molar-refractivity contribution in [2.45, 2.75) is 24.9 Å². The van der Waals surface area contributed by atoms with E-state index in [1.54, 1.807) is 5.57 Å². The molecule has 0 amide bonds. The molecule has 3 unspecified atom stereocenters. The molecule has 1 fully saturated rings. The van der Waals surface area contributed by atoms with Crippen molar-refractivity contribution < 1.29 is 4.74 Å². The van der Waals surface area contributed by atoms with Crippen molar-refractivity contribution in [1.82, 2.24) is 5.32 Å². The van der Waals surface area contributed by atoms with Gasteiger partial charge in [0.25, 0.3) is 0 Å². The third kappa shape index (κ3) is 1.44. The standard InChI is InChI=1S/C15H17NO/c1-2-4-14-12(3-1)13-7-11-9-16-6-5-10(11)8-15(13)17-14/h1-4,7,10,13,15-16H,5-6,8-9H2. The summed E-state index contributed by atoms with van der Waals surface area (Å²) >= 11 is 0. The maximum Gasteiger partial charge on any atom is 0.123 e. The van der Waals surface area contributed by atoms with Gasteiger partial charge in [0.15, 0.2) is 0 Å². The summed E-state index contributed by atoms with van der Waals surface area (Å²) in [6.45, 7) is 2.24. The minimum atomic E-state index is 0.388. The highest BCUT2D eigenvalue weighted by atomic mass is 16.5. The van der Waals surface area contributed by atoms with Gasteiger partial charge in [-0.25, -0.2) is 0 Å². The van der Waals surface area contributed by atoms with Crippen LogP contribution in [0.1, 0.15) is 24.3 Å². The van der Waals surface area contributed by atoms with E-state index in [1.807, 2.05) is 0 Å². The molecule has 1 aromatic carbocycles. The third-order valence-corrected chi connectivity index (χ3v) is 4.39. The van der Waals surface area contributed by atoms with Crippen LogP contribution in [0, 0.1) is 5.92 Å². The van der Waals surface area contributed by atoms with Crippen LogP contribution in [-0.4, -0.2) is 19.2 Å². The van der Waals surface area contributed by atoms with Crippen LogP contribution in [0.25, 0.3) is 0 Å². The summed E-state index contributed by atoms with van der Waals surface area (Å²) in [5.74, 6) is 2.36. The molecule has 0 saturated carbocycles. The monoisotopic (exact) mass is 227 g/mol. The molecule has 1 N–H and O–H groups in total. The lowest BCUT2D eigenvalue weighted by molar-refractivity contribution is 0.172. The number of nitrogens with one attached hydrogen (secondary N) is 1. The van der Waals surface area contributed by atoms with Crippen LogP contribution in [0.2, 0.25) is 0 Å². The first-order valence-electron chi connectivity index (χ1n) is 6.59. The Bertz CT molecular complexity index is 480. The predicted molar refractivity (Wildman–Crippen MR) is 67.3 cm³/mol. The minimum absolute atomic E-state index is 0.388. The second-order valence-corrected chi connectivity index (χ2v) is 5.36. The molecule has 17 heavy (non-hydrogen) atoms. The molecule has 0 bridgehead atoms. The Hall–Kier alpha value is -1.28. The van der Waals surface area contributed by atoms with E-state index in [4.69, 9.17) is 4.74 Å². The van der Waals surface area contributed by atoms with Gasteiger partial charge in [-0.15, -0.1) is 0 Å². The van der Waals surface area contributed by atoms with Gasteiger partial charge in [-0.1, -0.05) is 29.8 Å². The Labute approximate surface area is 102 Å². The summed E-state index contributed by atoms with van der Waals surface area (Å²) in [7, 11) is 0. The number of fused-ring (bicyclic) bond motifs is 4. The molecule has 3 atom stereocenters. The molecule has 0 aromatic heterocycles. The van der Waals surface area contributed by atoms with E-state index in [0.29, 0.717) is 12.0 Å². The fourth-order valence-corrected chi connectivity index (χ4v) is 3.51. The second-order valence-electron chi connectivity index (χ2n) is 5.36. The van der Waals surface area contributed by atoms with Crippen molar-refractivity contribution in [3.05, 3.63) is 41.5 Å². The number of para-hydroxylation sites is 1. The summed E-state index contributed by atoms with van der Waals surface area (Å²) in [6, 6.07) is 8.51. The van der Waals surface area contributed by atoms with E-state index >= 15 is 0 Å². The van der Waals surface area contributed by atoms with Gasteiger partial charge >= 0.3 is 0 Å². The van der Waals surface area contributed by atoms with Crippen molar-refractivity contribution in [3.8, 4) is 5.75 Å². The van der Waals surface area contributed by atoms with E-state index < -0.39 is 0 Å². The van der Waals surface area contributed by atoms with E-state index in [1.165, 1.54) is 18.4 Å². The normalized spacial score (nSPS) is 34.1. The zero-order valence-corrected chi connectivity index (χ0v) is 9.86. The fraction of sp³-hybridized carbons (Fsp3) is 0.467. The number of hydrogen-bond donors (Lipinski definition) is 1. The zero-order chi connectivity index (χ0) is 11.2. The van der Waals surface area contributed by atoms with E-state index in [0.717, 1.165) is 24.8 Å². The number of benzene rings is 1. The van der Waals surface area contributed by atoms with Crippen LogP contribution < -0.4 is 10.1 Å². The van der Waals surface area contributed by atoms with Crippen LogP contribution in [0.15, 0.2) is 35.9 Å². The smallest absolute Gasteiger partial charge is 0.123 e. The zero-order valence-electron chi connectivity index (χ0n) is 9.86. The van der Waals surface area contributed by atoms with Gasteiger partial charge in [-0.3, -0.25) is 0 Å². The molecule has 0 spiro atoms. The first-order valence-corrected chi connectivity index (χ1v) is 6.59. The first-order chi connectivity index (χ1) is 8.42. The lowest BCUT2D eigenvalue weighted by atomic mass is 9.76. The van der Waals surface area contributed by atoms with Gasteiger partial charge in [0.1, 0.15) is 11.9 Å². The largest absolute Gasteiger partial charge is 0.489 e. The van der Waals surface area contributed by atoms with Gasteiger partial charge in [-0.2, -0.15) is 0 Å². The predicted octanol–water partition coefficient (Wildman–Crippen LogP) is 2.47. The van der Waals surface area contributed by atoms with Gasteiger partial charge in [-0.05, 0) is 31.4 Å². The van der Waals surface area contributed by atoms with Gasteiger partial charge in [0.05, 0.1) is 0 Å². The number of hydrogen-bond acceptors (Lipinski definition) is 2. The Morgan fingerprint density at radius 2 is 2.18 bits per heavy atom. The Balaban J connectivity index is 1.74. The molecule has 2 nitrogen and oxygen atoms in total. The molecule has 2 heteroatoms. The summed E-state index contributed by atoms with van der Waals surface area (Å²) in [5, 5.41) is 3.48. The van der Waals surface area contributed by atoms with Crippen LogP contribution in [0.3, 0.4) is 0 Å². The maximum absolute atomic E-state index is 6.09. The number of piperidine rings is 1. The minimum Gasteiger partial charge on any atom is -0.489 e. The topological polar surface area (TPSA) is 21.3 Å². The molecule has 3 aliphatic rings. The molecular weight excluding hydrogens is 210 g/mol. The van der Waals surface area contributed by atoms with Crippen LogP contribution in [0.5, 0.6) is 5.75 Å². The molecule has 4 rings (SSSR count). The maximum atomic E-state index is 6.09. The van der Waals surface area contributed by atoms with Crippen molar-refractivity contribution in [2.75, 3.05) is 13.1 Å². The Morgan fingerprint density at radius 1 is 1.24 bits per heavy atom. The van der Waals surface area contributed by atoms with Crippen LogP contribution in [-0.2, 0) is 0 Å². The van der Waals surface area contributed by atoms with Crippen molar-refractivity contribution >= 4 is 0 Å².